The normalized spacial score (nSPS) is 10.9. The van der Waals surface area contributed by atoms with Gasteiger partial charge < -0.3 is 5.11 Å². The molecule has 1 aromatic carbocycles. The van der Waals surface area contributed by atoms with Crippen molar-refractivity contribution < 1.29 is 5.11 Å². The number of phenolic OH excluding ortho intramolecular Hbond substituents is 1. The summed E-state index contributed by atoms with van der Waals surface area (Å²) in [6, 6.07) is 5.07. The van der Waals surface area contributed by atoms with Gasteiger partial charge in [0.05, 0.1) is 0 Å². The van der Waals surface area contributed by atoms with Crippen LogP contribution in [-0.2, 0) is 0 Å². The van der Waals surface area contributed by atoms with Crippen LogP contribution in [0.1, 0.15) is 12.0 Å². The van der Waals surface area contributed by atoms with E-state index in [1.165, 1.54) is 6.07 Å². The fourth-order valence-electron chi connectivity index (χ4n) is 0.943. The van der Waals surface area contributed by atoms with Gasteiger partial charge in [-0.15, -0.1) is 0 Å². The van der Waals surface area contributed by atoms with Gasteiger partial charge in [0, 0.05) is 10.6 Å². The number of halogens is 1. The van der Waals surface area contributed by atoms with Crippen LogP contribution in [0.5, 0.6) is 5.75 Å². The van der Waals surface area contributed by atoms with Crippen molar-refractivity contribution >= 4 is 30.3 Å². The average Bonchev–Trinajstić information content (AvgIpc) is 2.09. The fourth-order valence-corrected chi connectivity index (χ4v) is 1.26. The number of aromatic hydroxyl groups is 1. The molecule has 0 heterocycles. The molecule has 0 aromatic heterocycles. The standard InChI is InChI=1S/C10H11ClOS/c11-9-5-4-8(10(12)7-9)3-1-2-6-13/h1,3-5,7,12-13H,2,6H2. The van der Waals surface area contributed by atoms with Crippen LogP contribution in [0.3, 0.4) is 0 Å². The van der Waals surface area contributed by atoms with Crippen LogP contribution in [0, 0.1) is 0 Å². The minimum atomic E-state index is 0.211. The molecule has 1 N–H and O–H groups in total. The summed E-state index contributed by atoms with van der Waals surface area (Å²) in [7, 11) is 0. The van der Waals surface area contributed by atoms with E-state index in [-0.39, 0.29) is 5.75 Å². The summed E-state index contributed by atoms with van der Waals surface area (Å²) in [5.74, 6) is 1.02. The van der Waals surface area contributed by atoms with Gasteiger partial charge in [0.15, 0.2) is 0 Å². The minimum Gasteiger partial charge on any atom is -0.507 e. The summed E-state index contributed by atoms with van der Waals surface area (Å²) in [5.41, 5.74) is 0.784. The lowest BCUT2D eigenvalue weighted by Gasteiger charge is -1.98. The molecular formula is C10H11ClOS. The molecule has 0 aliphatic heterocycles. The number of allylic oxidation sites excluding steroid dienone is 1. The summed E-state index contributed by atoms with van der Waals surface area (Å²) in [6.45, 7) is 0. The van der Waals surface area contributed by atoms with Crippen molar-refractivity contribution in [3.63, 3.8) is 0 Å². The van der Waals surface area contributed by atoms with Crippen LogP contribution >= 0.6 is 24.2 Å². The molecule has 70 valence electrons. The zero-order chi connectivity index (χ0) is 9.68. The SMILES string of the molecule is Oc1cc(Cl)ccc1C=CCCS. The highest BCUT2D eigenvalue weighted by molar-refractivity contribution is 7.80. The van der Waals surface area contributed by atoms with Crippen molar-refractivity contribution in [2.24, 2.45) is 0 Å². The lowest BCUT2D eigenvalue weighted by molar-refractivity contribution is 0.474. The van der Waals surface area contributed by atoms with E-state index in [2.05, 4.69) is 12.6 Å². The maximum Gasteiger partial charge on any atom is 0.124 e. The summed E-state index contributed by atoms with van der Waals surface area (Å²) >= 11 is 9.76. The molecule has 3 heteroatoms. The first-order valence-electron chi connectivity index (χ1n) is 4.00. The molecule has 0 saturated carbocycles. The van der Waals surface area contributed by atoms with Crippen LogP contribution in [-0.4, -0.2) is 10.9 Å². The smallest absolute Gasteiger partial charge is 0.124 e. The molecule has 0 fully saturated rings. The Balaban J connectivity index is 2.77. The second kappa shape index (κ2) is 5.20. The van der Waals surface area contributed by atoms with E-state index in [1.807, 2.05) is 12.2 Å². The highest BCUT2D eigenvalue weighted by Crippen LogP contribution is 2.22. The summed E-state index contributed by atoms with van der Waals surface area (Å²) in [6.07, 6.45) is 4.73. The number of hydrogen-bond acceptors (Lipinski definition) is 2. The molecule has 1 rings (SSSR count). The van der Waals surface area contributed by atoms with E-state index < -0.39 is 0 Å². The monoisotopic (exact) mass is 214 g/mol. The third kappa shape index (κ3) is 3.33. The van der Waals surface area contributed by atoms with Crippen LogP contribution < -0.4 is 0 Å². The van der Waals surface area contributed by atoms with Crippen LogP contribution in [0.2, 0.25) is 5.02 Å². The first-order chi connectivity index (χ1) is 6.24. The van der Waals surface area contributed by atoms with Gasteiger partial charge in [0.25, 0.3) is 0 Å². The lowest BCUT2D eigenvalue weighted by Crippen LogP contribution is -1.75. The van der Waals surface area contributed by atoms with Crippen LogP contribution in [0.25, 0.3) is 6.08 Å². The Hall–Kier alpha value is -0.600. The third-order valence-corrected chi connectivity index (χ3v) is 2.08. The van der Waals surface area contributed by atoms with E-state index in [9.17, 15) is 5.11 Å². The highest BCUT2D eigenvalue weighted by atomic mass is 35.5. The van der Waals surface area contributed by atoms with Gasteiger partial charge in [-0.2, -0.15) is 12.6 Å². The van der Waals surface area contributed by atoms with E-state index in [0.29, 0.717) is 5.02 Å². The van der Waals surface area contributed by atoms with E-state index in [0.717, 1.165) is 17.7 Å². The van der Waals surface area contributed by atoms with Crippen molar-refractivity contribution in [1.82, 2.24) is 0 Å². The molecule has 1 nitrogen and oxygen atoms in total. The van der Waals surface area contributed by atoms with E-state index in [1.54, 1.807) is 12.1 Å². The molecule has 13 heavy (non-hydrogen) atoms. The molecule has 0 aliphatic carbocycles. The van der Waals surface area contributed by atoms with E-state index in [4.69, 9.17) is 11.6 Å². The fraction of sp³-hybridized carbons (Fsp3) is 0.200. The Morgan fingerprint density at radius 1 is 1.46 bits per heavy atom. The quantitative estimate of drug-likeness (QED) is 0.740. The largest absolute Gasteiger partial charge is 0.507 e. The predicted molar refractivity (Wildman–Crippen MR) is 60.6 cm³/mol. The number of thiol groups is 1. The van der Waals surface area contributed by atoms with Gasteiger partial charge in [-0.05, 0) is 30.4 Å². The molecule has 0 bridgehead atoms. The molecule has 0 amide bonds. The Labute approximate surface area is 88.5 Å². The Kier molecular flexibility index (Phi) is 4.19. The minimum absolute atomic E-state index is 0.211. The molecule has 0 spiro atoms. The van der Waals surface area contributed by atoms with Crippen molar-refractivity contribution in [2.75, 3.05) is 5.75 Å². The molecule has 0 aliphatic rings. The molecular weight excluding hydrogens is 204 g/mol. The zero-order valence-corrected chi connectivity index (χ0v) is 8.72. The maximum absolute atomic E-state index is 9.44. The zero-order valence-electron chi connectivity index (χ0n) is 7.07. The van der Waals surface area contributed by atoms with Gasteiger partial charge in [0.2, 0.25) is 0 Å². The van der Waals surface area contributed by atoms with Gasteiger partial charge in [-0.3, -0.25) is 0 Å². The number of rotatable bonds is 3. The lowest BCUT2D eigenvalue weighted by atomic mass is 10.2. The number of phenols is 1. The summed E-state index contributed by atoms with van der Waals surface area (Å²) in [5, 5.41) is 9.98. The van der Waals surface area contributed by atoms with E-state index >= 15 is 0 Å². The first kappa shape index (κ1) is 10.5. The third-order valence-electron chi connectivity index (χ3n) is 1.59. The Morgan fingerprint density at radius 2 is 2.23 bits per heavy atom. The Bertz CT molecular complexity index is 310. The second-order valence-corrected chi connectivity index (χ2v) is 3.50. The summed E-state index contributed by atoms with van der Waals surface area (Å²) in [4.78, 5) is 0. The number of benzene rings is 1. The highest BCUT2D eigenvalue weighted by Gasteiger charge is 1.96. The second-order valence-electron chi connectivity index (χ2n) is 2.62. The average molecular weight is 215 g/mol. The van der Waals surface area contributed by atoms with Crippen molar-refractivity contribution in [3.8, 4) is 5.75 Å². The maximum atomic E-state index is 9.44. The molecule has 0 saturated heterocycles. The van der Waals surface area contributed by atoms with Crippen LogP contribution in [0.15, 0.2) is 24.3 Å². The molecule has 0 radical (unpaired) electrons. The Morgan fingerprint density at radius 3 is 2.85 bits per heavy atom. The number of hydrogen-bond donors (Lipinski definition) is 2. The predicted octanol–water partition coefficient (Wildman–Crippen LogP) is 3.38. The van der Waals surface area contributed by atoms with Crippen molar-refractivity contribution in [1.29, 1.82) is 0 Å². The van der Waals surface area contributed by atoms with Gasteiger partial charge >= 0.3 is 0 Å². The van der Waals surface area contributed by atoms with Crippen molar-refractivity contribution in [2.45, 2.75) is 6.42 Å². The van der Waals surface area contributed by atoms with Crippen LogP contribution in [0.4, 0.5) is 0 Å². The van der Waals surface area contributed by atoms with Gasteiger partial charge in [-0.1, -0.05) is 23.8 Å². The molecule has 0 unspecified atom stereocenters. The molecule has 1 aromatic rings. The van der Waals surface area contributed by atoms with Gasteiger partial charge in [0.1, 0.15) is 5.75 Å². The summed E-state index contributed by atoms with van der Waals surface area (Å²) < 4.78 is 0. The topological polar surface area (TPSA) is 20.2 Å². The first-order valence-corrected chi connectivity index (χ1v) is 5.01. The van der Waals surface area contributed by atoms with Crippen molar-refractivity contribution in [3.05, 3.63) is 34.9 Å². The van der Waals surface area contributed by atoms with Gasteiger partial charge in [-0.25, -0.2) is 0 Å². The molecule has 0 atom stereocenters.